The molecule has 94 valence electrons. The van der Waals surface area contributed by atoms with Crippen LogP contribution in [0.25, 0.3) is 0 Å². The van der Waals surface area contributed by atoms with Crippen molar-refractivity contribution in [3.8, 4) is 0 Å². The highest BCUT2D eigenvalue weighted by Gasteiger charge is 2.20. The van der Waals surface area contributed by atoms with Crippen LogP contribution in [0.2, 0.25) is 0 Å². The van der Waals surface area contributed by atoms with E-state index in [4.69, 9.17) is 10.5 Å². The summed E-state index contributed by atoms with van der Waals surface area (Å²) < 4.78 is 5.41. The minimum Gasteiger partial charge on any atom is -0.381 e. The fourth-order valence-corrected chi connectivity index (χ4v) is 3.69. The molecule has 0 bridgehead atoms. The second kappa shape index (κ2) is 7.04. The fraction of sp³-hybridized carbons (Fsp3) is 0.571. The van der Waals surface area contributed by atoms with Gasteiger partial charge in [-0.25, -0.2) is 0 Å². The molecule has 2 nitrogen and oxygen atoms in total. The van der Waals surface area contributed by atoms with Gasteiger partial charge in [-0.1, -0.05) is 30.3 Å². The maximum Gasteiger partial charge on any atom is 0.0476 e. The summed E-state index contributed by atoms with van der Waals surface area (Å²) in [6.07, 6.45) is 3.42. The van der Waals surface area contributed by atoms with Crippen LogP contribution in [-0.4, -0.2) is 25.0 Å². The summed E-state index contributed by atoms with van der Waals surface area (Å²) in [6.45, 7) is 2.60. The van der Waals surface area contributed by atoms with Crippen molar-refractivity contribution in [1.29, 1.82) is 0 Å². The van der Waals surface area contributed by atoms with Crippen molar-refractivity contribution in [2.45, 2.75) is 29.8 Å². The summed E-state index contributed by atoms with van der Waals surface area (Å²) in [5.74, 6) is 0. The Hall–Kier alpha value is -0.510. The highest BCUT2D eigenvalue weighted by atomic mass is 32.2. The van der Waals surface area contributed by atoms with Crippen LogP contribution in [0.1, 0.15) is 30.1 Å². The van der Waals surface area contributed by atoms with Crippen LogP contribution in [0.4, 0.5) is 0 Å². The van der Waals surface area contributed by atoms with Gasteiger partial charge in [0.25, 0.3) is 0 Å². The van der Waals surface area contributed by atoms with E-state index < -0.39 is 0 Å². The van der Waals surface area contributed by atoms with E-state index in [1.165, 1.54) is 18.4 Å². The van der Waals surface area contributed by atoms with E-state index in [0.717, 1.165) is 31.4 Å². The monoisotopic (exact) mass is 251 g/mol. The van der Waals surface area contributed by atoms with Crippen molar-refractivity contribution in [1.82, 2.24) is 0 Å². The standard InChI is InChI=1S/C14H21NOS/c15-9-6-14(12-4-2-1-3-5-12)17-13-7-10-16-11-8-13/h1-5,13-14H,6-11,15H2. The molecular weight excluding hydrogens is 230 g/mol. The molecule has 1 aromatic carbocycles. The van der Waals surface area contributed by atoms with Gasteiger partial charge in [-0.2, -0.15) is 11.8 Å². The number of thioether (sulfide) groups is 1. The number of hydrogen-bond acceptors (Lipinski definition) is 3. The van der Waals surface area contributed by atoms with Gasteiger partial charge in [0.15, 0.2) is 0 Å². The van der Waals surface area contributed by atoms with E-state index in [-0.39, 0.29) is 0 Å². The molecule has 2 N–H and O–H groups in total. The second-order valence-corrected chi connectivity index (χ2v) is 5.93. The number of benzene rings is 1. The van der Waals surface area contributed by atoms with Gasteiger partial charge in [0.05, 0.1) is 0 Å². The summed E-state index contributed by atoms with van der Waals surface area (Å²) in [4.78, 5) is 0. The Morgan fingerprint density at radius 1 is 1.24 bits per heavy atom. The van der Waals surface area contributed by atoms with Crippen LogP contribution >= 0.6 is 11.8 Å². The van der Waals surface area contributed by atoms with Gasteiger partial charge in [0.1, 0.15) is 0 Å². The van der Waals surface area contributed by atoms with Crippen molar-refractivity contribution in [2.75, 3.05) is 19.8 Å². The molecule has 1 saturated heterocycles. The molecule has 1 heterocycles. The van der Waals surface area contributed by atoms with Gasteiger partial charge >= 0.3 is 0 Å². The molecule has 2 rings (SSSR count). The largest absolute Gasteiger partial charge is 0.381 e. The van der Waals surface area contributed by atoms with E-state index in [9.17, 15) is 0 Å². The summed E-state index contributed by atoms with van der Waals surface area (Å²) in [5.41, 5.74) is 7.15. The third-order valence-electron chi connectivity index (χ3n) is 3.13. The molecule has 0 spiro atoms. The molecule has 3 heteroatoms. The second-order valence-electron chi connectivity index (χ2n) is 4.42. The lowest BCUT2D eigenvalue weighted by Crippen LogP contribution is -2.19. The highest BCUT2D eigenvalue weighted by molar-refractivity contribution is 8.00. The lowest BCUT2D eigenvalue weighted by atomic mass is 10.1. The maximum atomic E-state index is 5.73. The Labute approximate surface area is 108 Å². The van der Waals surface area contributed by atoms with Gasteiger partial charge < -0.3 is 10.5 Å². The Kier molecular flexibility index (Phi) is 5.36. The van der Waals surface area contributed by atoms with Crippen molar-refractivity contribution in [3.63, 3.8) is 0 Å². The predicted molar refractivity (Wildman–Crippen MR) is 74.3 cm³/mol. The minimum absolute atomic E-state index is 0.546. The third-order valence-corrected chi connectivity index (χ3v) is 4.82. The third kappa shape index (κ3) is 4.02. The molecule has 0 radical (unpaired) electrons. The predicted octanol–water partition coefficient (Wildman–Crippen LogP) is 2.99. The van der Waals surface area contributed by atoms with Crippen LogP contribution in [-0.2, 0) is 4.74 Å². The Balaban J connectivity index is 1.96. The van der Waals surface area contributed by atoms with Gasteiger partial charge in [0, 0.05) is 23.7 Å². The molecule has 1 aromatic rings. The average molecular weight is 251 g/mol. The molecular formula is C14H21NOS. The van der Waals surface area contributed by atoms with Gasteiger partial charge in [-0.05, 0) is 31.4 Å². The summed E-state index contributed by atoms with van der Waals surface area (Å²) in [6, 6.07) is 10.7. The molecule has 1 aliphatic heterocycles. The van der Waals surface area contributed by atoms with E-state index in [1.54, 1.807) is 0 Å². The van der Waals surface area contributed by atoms with Crippen molar-refractivity contribution in [2.24, 2.45) is 5.73 Å². The Morgan fingerprint density at radius 2 is 1.94 bits per heavy atom. The first-order valence-electron chi connectivity index (χ1n) is 6.38. The molecule has 1 unspecified atom stereocenters. The van der Waals surface area contributed by atoms with Crippen LogP contribution in [0.3, 0.4) is 0 Å². The first kappa shape index (κ1) is 12.9. The topological polar surface area (TPSA) is 35.2 Å². The Morgan fingerprint density at radius 3 is 2.59 bits per heavy atom. The van der Waals surface area contributed by atoms with Gasteiger partial charge in [0.2, 0.25) is 0 Å². The molecule has 0 aliphatic carbocycles. The summed E-state index contributed by atoms with van der Waals surface area (Å²) >= 11 is 2.08. The zero-order chi connectivity index (χ0) is 11.9. The van der Waals surface area contributed by atoms with E-state index in [0.29, 0.717) is 5.25 Å². The van der Waals surface area contributed by atoms with Crippen LogP contribution in [0, 0.1) is 0 Å². The molecule has 1 atom stereocenters. The summed E-state index contributed by atoms with van der Waals surface area (Å²) in [5, 5.41) is 1.28. The highest BCUT2D eigenvalue weighted by Crippen LogP contribution is 2.38. The smallest absolute Gasteiger partial charge is 0.0476 e. The molecule has 0 aromatic heterocycles. The molecule has 1 aliphatic rings. The van der Waals surface area contributed by atoms with Gasteiger partial charge in [-0.15, -0.1) is 0 Å². The fourth-order valence-electron chi connectivity index (χ4n) is 2.18. The zero-order valence-electron chi connectivity index (χ0n) is 10.2. The van der Waals surface area contributed by atoms with Crippen molar-refractivity contribution < 1.29 is 4.74 Å². The maximum absolute atomic E-state index is 5.73. The quantitative estimate of drug-likeness (QED) is 0.874. The van der Waals surface area contributed by atoms with Crippen LogP contribution < -0.4 is 5.73 Å². The lowest BCUT2D eigenvalue weighted by molar-refractivity contribution is 0.0999. The minimum atomic E-state index is 0.546. The molecule has 17 heavy (non-hydrogen) atoms. The number of ether oxygens (including phenoxy) is 1. The first-order valence-corrected chi connectivity index (χ1v) is 7.32. The van der Waals surface area contributed by atoms with Crippen LogP contribution in [0.5, 0.6) is 0 Å². The van der Waals surface area contributed by atoms with Crippen LogP contribution in [0.15, 0.2) is 30.3 Å². The van der Waals surface area contributed by atoms with Crippen molar-refractivity contribution in [3.05, 3.63) is 35.9 Å². The first-order chi connectivity index (χ1) is 8.40. The average Bonchev–Trinajstić information content (AvgIpc) is 2.40. The van der Waals surface area contributed by atoms with E-state index in [1.807, 2.05) is 0 Å². The number of nitrogens with two attached hydrogens (primary N) is 1. The lowest BCUT2D eigenvalue weighted by Gasteiger charge is -2.26. The molecule has 0 amide bonds. The summed E-state index contributed by atoms with van der Waals surface area (Å²) in [7, 11) is 0. The SMILES string of the molecule is NCCC(SC1CCOCC1)c1ccccc1. The van der Waals surface area contributed by atoms with Gasteiger partial charge in [-0.3, -0.25) is 0 Å². The Bertz CT molecular complexity index is 311. The zero-order valence-corrected chi connectivity index (χ0v) is 11.0. The molecule has 1 fully saturated rings. The van der Waals surface area contributed by atoms with E-state index in [2.05, 4.69) is 42.1 Å². The normalized spacial score (nSPS) is 19.1. The number of rotatable bonds is 5. The number of hydrogen-bond donors (Lipinski definition) is 1. The van der Waals surface area contributed by atoms with E-state index >= 15 is 0 Å². The van der Waals surface area contributed by atoms with Crippen molar-refractivity contribution >= 4 is 11.8 Å². The molecule has 0 saturated carbocycles.